The Bertz CT molecular complexity index is 1070. The topological polar surface area (TPSA) is 60.2 Å². The molecule has 2 N–H and O–H groups in total. The summed E-state index contributed by atoms with van der Waals surface area (Å²) in [6.45, 7) is 0.762. The molecule has 0 aromatic heterocycles. The zero-order valence-electron chi connectivity index (χ0n) is 17.4. The number of halogens is 7. The van der Waals surface area contributed by atoms with Crippen LogP contribution in [-0.4, -0.2) is 26.0 Å². The minimum absolute atomic E-state index is 0.0589. The Balaban J connectivity index is 2.19. The Morgan fingerprint density at radius 3 is 1.94 bits per heavy atom. The van der Waals surface area contributed by atoms with Gasteiger partial charge in [-0.1, -0.05) is 37.3 Å². The summed E-state index contributed by atoms with van der Waals surface area (Å²) in [4.78, 5) is -0.379. The quantitative estimate of drug-likeness (QED) is 0.432. The highest BCUT2D eigenvalue weighted by Crippen LogP contribution is 2.62. The van der Waals surface area contributed by atoms with Crippen molar-refractivity contribution in [3.05, 3.63) is 66.0 Å². The number of nitrogens with two attached hydrogens (primary N) is 1. The van der Waals surface area contributed by atoms with Gasteiger partial charge in [0.2, 0.25) is 0 Å². The Kier molecular flexibility index (Phi) is 6.38. The van der Waals surface area contributed by atoms with Gasteiger partial charge in [0.1, 0.15) is 5.82 Å². The SMILES string of the molecule is CC1(C(C(F)(F)F)C(F)(F)F)CC(S(=O)(=O)c2ccc(F)cc2)CCC1(N)c1ccccc1. The molecule has 2 aromatic carbocycles. The van der Waals surface area contributed by atoms with Crippen molar-refractivity contribution in [2.45, 2.75) is 54.2 Å². The molecule has 3 atom stereocenters. The van der Waals surface area contributed by atoms with E-state index in [9.17, 15) is 39.2 Å². The first-order valence-electron chi connectivity index (χ1n) is 10.0. The molecular formula is C22H22F7NO2S. The van der Waals surface area contributed by atoms with E-state index in [4.69, 9.17) is 5.73 Å². The zero-order chi connectivity index (χ0) is 24.9. The van der Waals surface area contributed by atoms with Gasteiger partial charge in [0.25, 0.3) is 0 Å². The summed E-state index contributed by atoms with van der Waals surface area (Å²) >= 11 is 0. The van der Waals surface area contributed by atoms with Crippen LogP contribution in [0.15, 0.2) is 59.5 Å². The van der Waals surface area contributed by atoms with Crippen LogP contribution < -0.4 is 5.73 Å². The van der Waals surface area contributed by atoms with Crippen molar-refractivity contribution in [3.63, 3.8) is 0 Å². The second-order valence-corrected chi connectivity index (χ2v) is 10.9. The number of hydrogen-bond acceptors (Lipinski definition) is 3. The van der Waals surface area contributed by atoms with E-state index in [0.29, 0.717) is 0 Å². The highest BCUT2D eigenvalue weighted by molar-refractivity contribution is 7.92. The van der Waals surface area contributed by atoms with Crippen molar-refractivity contribution in [2.24, 2.45) is 17.1 Å². The van der Waals surface area contributed by atoms with Gasteiger partial charge in [-0.2, -0.15) is 26.3 Å². The molecule has 182 valence electrons. The molecule has 1 fully saturated rings. The van der Waals surface area contributed by atoms with Gasteiger partial charge >= 0.3 is 12.4 Å². The highest BCUT2D eigenvalue weighted by atomic mass is 32.2. The molecule has 11 heteroatoms. The van der Waals surface area contributed by atoms with Crippen molar-refractivity contribution < 1.29 is 39.2 Å². The lowest BCUT2D eigenvalue weighted by molar-refractivity contribution is -0.326. The van der Waals surface area contributed by atoms with Crippen molar-refractivity contribution >= 4 is 9.84 Å². The first-order chi connectivity index (χ1) is 15.0. The van der Waals surface area contributed by atoms with E-state index in [1.165, 1.54) is 24.3 Å². The molecule has 3 unspecified atom stereocenters. The standard InChI is InChI=1S/C22H22F7NO2S/c1-19(18(21(24,25)26)22(27,28)29)13-17(33(31,32)16-9-7-15(23)8-10-16)11-12-20(19,30)14-5-3-2-4-6-14/h2-10,17-18H,11-13,30H2,1H3. The van der Waals surface area contributed by atoms with Gasteiger partial charge < -0.3 is 5.73 Å². The van der Waals surface area contributed by atoms with Gasteiger partial charge in [0.15, 0.2) is 15.8 Å². The highest BCUT2D eigenvalue weighted by Gasteiger charge is 2.71. The molecule has 1 aliphatic rings. The van der Waals surface area contributed by atoms with Crippen LogP contribution in [0.3, 0.4) is 0 Å². The Labute approximate surface area is 186 Å². The van der Waals surface area contributed by atoms with Crippen molar-refractivity contribution in [1.82, 2.24) is 0 Å². The summed E-state index contributed by atoms with van der Waals surface area (Å²) in [5.74, 6) is -4.60. The predicted molar refractivity (Wildman–Crippen MR) is 107 cm³/mol. The van der Waals surface area contributed by atoms with Gasteiger partial charge in [0, 0.05) is 11.0 Å². The molecule has 1 aliphatic carbocycles. The molecule has 33 heavy (non-hydrogen) atoms. The Morgan fingerprint density at radius 2 is 1.45 bits per heavy atom. The van der Waals surface area contributed by atoms with E-state index in [1.54, 1.807) is 6.07 Å². The monoisotopic (exact) mass is 497 g/mol. The molecule has 0 radical (unpaired) electrons. The average molecular weight is 497 g/mol. The van der Waals surface area contributed by atoms with E-state index in [2.05, 4.69) is 0 Å². The number of alkyl halides is 6. The van der Waals surface area contributed by atoms with Gasteiger partial charge in [-0.25, -0.2) is 12.8 Å². The van der Waals surface area contributed by atoms with Crippen LogP contribution in [0.4, 0.5) is 30.7 Å². The minimum atomic E-state index is -5.73. The van der Waals surface area contributed by atoms with Crippen LogP contribution in [0.1, 0.15) is 31.7 Å². The fourth-order valence-corrected chi connectivity index (χ4v) is 6.90. The van der Waals surface area contributed by atoms with Crippen LogP contribution >= 0.6 is 0 Å². The van der Waals surface area contributed by atoms with Gasteiger partial charge in [-0.15, -0.1) is 0 Å². The summed E-state index contributed by atoms with van der Waals surface area (Å²) in [7, 11) is -4.36. The summed E-state index contributed by atoms with van der Waals surface area (Å²) in [5, 5.41) is -1.57. The van der Waals surface area contributed by atoms with Crippen LogP contribution in [0.2, 0.25) is 0 Å². The molecule has 0 heterocycles. The van der Waals surface area contributed by atoms with Gasteiger partial charge in [-0.05, 0) is 49.1 Å². The van der Waals surface area contributed by atoms with E-state index in [-0.39, 0.29) is 16.9 Å². The Morgan fingerprint density at radius 1 is 0.939 bits per heavy atom. The lowest BCUT2D eigenvalue weighted by atomic mass is 9.54. The number of hydrogen-bond donors (Lipinski definition) is 1. The van der Waals surface area contributed by atoms with Gasteiger partial charge in [-0.3, -0.25) is 0 Å². The lowest BCUT2D eigenvalue weighted by Crippen LogP contribution is -2.65. The third-order valence-corrected chi connectivity index (χ3v) is 8.90. The minimum Gasteiger partial charge on any atom is -0.321 e. The first kappa shape index (κ1) is 25.5. The second-order valence-electron chi connectivity index (χ2n) is 8.63. The van der Waals surface area contributed by atoms with Crippen LogP contribution in [0, 0.1) is 17.2 Å². The fraction of sp³-hybridized carbons (Fsp3) is 0.455. The average Bonchev–Trinajstić information content (AvgIpc) is 2.69. The smallest absolute Gasteiger partial charge is 0.321 e. The summed E-state index contributed by atoms with van der Waals surface area (Å²) in [6.07, 6.45) is -13.1. The van der Waals surface area contributed by atoms with Crippen molar-refractivity contribution in [2.75, 3.05) is 0 Å². The third-order valence-electron chi connectivity index (χ3n) is 6.69. The van der Waals surface area contributed by atoms with E-state index < -0.39 is 63.0 Å². The summed E-state index contributed by atoms with van der Waals surface area (Å²) in [5.41, 5.74) is 1.57. The first-order valence-corrected chi connectivity index (χ1v) is 11.6. The molecule has 1 saturated carbocycles. The normalized spacial score (nSPS) is 27.0. The van der Waals surface area contributed by atoms with E-state index in [0.717, 1.165) is 31.2 Å². The summed E-state index contributed by atoms with van der Waals surface area (Å²) < 4.78 is 123. The molecule has 0 saturated heterocycles. The molecule has 3 nitrogen and oxygen atoms in total. The van der Waals surface area contributed by atoms with Crippen LogP contribution in [0.25, 0.3) is 0 Å². The number of benzene rings is 2. The maximum absolute atomic E-state index is 13.9. The van der Waals surface area contributed by atoms with E-state index in [1.807, 2.05) is 0 Å². The molecule has 2 aromatic rings. The molecule has 3 rings (SSSR count). The van der Waals surface area contributed by atoms with Crippen molar-refractivity contribution in [1.29, 1.82) is 0 Å². The van der Waals surface area contributed by atoms with Crippen molar-refractivity contribution in [3.8, 4) is 0 Å². The maximum Gasteiger partial charge on any atom is 0.401 e. The Hall–Kier alpha value is -2.14. The molecule has 0 aliphatic heterocycles. The predicted octanol–water partition coefficient (Wildman–Crippen LogP) is 5.75. The molecular weight excluding hydrogens is 475 g/mol. The van der Waals surface area contributed by atoms with E-state index >= 15 is 0 Å². The fourth-order valence-electron chi connectivity index (χ4n) is 5.01. The second kappa shape index (κ2) is 8.26. The van der Waals surface area contributed by atoms with Gasteiger partial charge in [0.05, 0.1) is 10.1 Å². The number of sulfone groups is 1. The largest absolute Gasteiger partial charge is 0.401 e. The van der Waals surface area contributed by atoms with Crippen LogP contribution in [-0.2, 0) is 15.4 Å². The van der Waals surface area contributed by atoms with Crippen LogP contribution in [0.5, 0.6) is 0 Å². The molecule has 0 amide bonds. The summed E-state index contributed by atoms with van der Waals surface area (Å²) in [6, 6.07) is 10.7. The molecule has 0 spiro atoms. The lowest BCUT2D eigenvalue weighted by Gasteiger charge is -2.55. The molecule has 0 bridgehead atoms. The number of rotatable bonds is 4. The zero-order valence-corrected chi connectivity index (χ0v) is 18.2. The maximum atomic E-state index is 13.9. The third kappa shape index (κ3) is 4.49.